The number of carbonyl (C=O) groups is 3. The fourth-order valence-corrected chi connectivity index (χ4v) is 6.11. The van der Waals surface area contributed by atoms with E-state index >= 15 is 0 Å². The van der Waals surface area contributed by atoms with Crippen LogP contribution in [0, 0.1) is 5.92 Å². The molecule has 1 aliphatic heterocycles. The predicted octanol–water partition coefficient (Wildman–Crippen LogP) is 1.91. The molecule has 12 heteroatoms. The molecule has 38 heavy (non-hydrogen) atoms. The van der Waals surface area contributed by atoms with E-state index in [1.807, 2.05) is 30.3 Å². The van der Waals surface area contributed by atoms with Crippen LogP contribution in [-0.4, -0.2) is 78.5 Å². The molecule has 11 nitrogen and oxygen atoms in total. The van der Waals surface area contributed by atoms with E-state index in [2.05, 4.69) is 0 Å². The van der Waals surface area contributed by atoms with Crippen LogP contribution in [0.3, 0.4) is 0 Å². The van der Waals surface area contributed by atoms with Crippen molar-refractivity contribution in [1.82, 2.24) is 14.7 Å². The molecule has 1 atom stereocenters. The molecule has 2 aromatic carbocycles. The first-order chi connectivity index (χ1) is 18.2. The number of carboxylic acids is 1. The summed E-state index contributed by atoms with van der Waals surface area (Å²) in [4.78, 5) is 38.4. The predicted molar refractivity (Wildman–Crippen MR) is 137 cm³/mol. The number of likely N-dealkylation sites (tertiary alicyclic amines) is 1. The van der Waals surface area contributed by atoms with Crippen LogP contribution in [0.5, 0.6) is 5.75 Å². The highest BCUT2D eigenvalue weighted by Gasteiger charge is 2.37. The molecule has 0 spiro atoms. The molecule has 3 N–H and O–H groups in total. The summed E-state index contributed by atoms with van der Waals surface area (Å²) in [7, 11) is -2.82. The third-order valence-corrected chi connectivity index (χ3v) is 8.64. The Morgan fingerprint density at radius 3 is 2.26 bits per heavy atom. The van der Waals surface area contributed by atoms with Crippen LogP contribution in [0.4, 0.5) is 0 Å². The standard InChI is InChI=1S/C26H33N3O8S/c1-37-21-8-10-22(11-9-21)38(35,36)29(18-15-24(30)28-16-13-20(14-17-28)26(32)33)23(25(31)27-34)12-7-19-5-3-2-4-6-19/h2-6,8-11,20,23,34H,7,12-18H2,1H3,(H,27,31)(H,32,33). The summed E-state index contributed by atoms with van der Waals surface area (Å²) in [5.74, 6) is -2.21. The molecule has 1 aliphatic rings. The number of carbonyl (C=O) groups excluding carboxylic acids is 2. The molecule has 0 bridgehead atoms. The molecule has 206 valence electrons. The summed E-state index contributed by atoms with van der Waals surface area (Å²) in [6, 6.07) is 13.6. The number of nitrogens with zero attached hydrogens (tertiary/aromatic N) is 2. The Hall–Kier alpha value is -3.48. The quantitative estimate of drug-likeness (QED) is 0.269. The zero-order chi connectivity index (χ0) is 27.7. The fraction of sp³-hybridized carbons (Fsp3) is 0.423. The van der Waals surface area contributed by atoms with Gasteiger partial charge in [0.15, 0.2) is 0 Å². The SMILES string of the molecule is COc1ccc(S(=O)(=O)N(CCC(=O)N2CCC(C(=O)O)CC2)C(CCc2ccccc2)C(=O)NO)cc1. The number of carboxylic acid groups (broad SMARTS) is 1. The number of hydrogen-bond acceptors (Lipinski definition) is 7. The maximum atomic E-state index is 13.7. The highest BCUT2D eigenvalue weighted by molar-refractivity contribution is 7.89. The summed E-state index contributed by atoms with van der Waals surface area (Å²) in [5, 5.41) is 18.6. The zero-order valence-corrected chi connectivity index (χ0v) is 22.0. The average Bonchev–Trinajstić information content (AvgIpc) is 2.94. The van der Waals surface area contributed by atoms with Gasteiger partial charge in [0.25, 0.3) is 5.91 Å². The Morgan fingerprint density at radius 1 is 1.08 bits per heavy atom. The Labute approximate surface area is 222 Å². The van der Waals surface area contributed by atoms with Gasteiger partial charge in [0, 0.05) is 26.1 Å². The van der Waals surface area contributed by atoms with Crippen molar-refractivity contribution < 1.29 is 37.9 Å². The number of ether oxygens (including phenoxy) is 1. The molecule has 0 radical (unpaired) electrons. The number of amides is 2. The fourth-order valence-electron chi connectivity index (χ4n) is 4.49. The van der Waals surface area contributed by atoms with Gasteiger partial charge in [-0.2, -0.15) is 4.31 Å². The maximum Gasteiger partial charge on any atom is 0.306 e. The highest BCUT2D eigenvalue weighted by atomic mass is 32.2. The monoisotopic (exact) mass is 547 g/mol. The van der Waals surface area contributed by atoms with Crippen LogP contribution in [0.1, 0.15) is 31.2 Å². The topological polar surface area (TPSA) is 154 Å². The molecule has 3 rings (SSSR count). The maximum absolute atomic E-state index is 13.7. The number of rotatable bonds is 12. The lowest BCUT2D eigenvalue weighted by Crippen LogP contribution is -2.50. The third kappa shape index (κ3) is 7.30. The van der Waals surface area contributed by atoms with Crippen molar-refractivity contribution in [2.45, 2.75) is 43.0 Å². The summed E-state index contributed by atoms with van der Waals surface area (Å²) in [6.45, 7) is 0.212. The van der Waals surface area contributed by atoms with Crippen molar-refractivity contribution in [3.63, 3.8) is 0 Å². The van der Waals surface area contributed by atoms with Gasteiger partial charge < -0.3 is 14.7 Å². The number of sulfonamides is 1. The first-order valence-corrected chi connectivity index (χ1v) is 13.8. The Bertz CT molecular complexity index is 1200. The van der Waals surface area contributed by atoms with E-state index < -0.39 is 33.9 Å². The second kappa shape index (κ2) is 13.4. The molecule has 1 saturated heterocycles. The normalized spacial score (nSPS) is 15.2. The number of aliphatic carboxylic acids is 1. The van der Waals surface area contributed by atoms with Gasteiger partial charge in [-0.3, -0.25) is 19.6 Å². The van der Waals surface area contributed by atoms with Crippen LogP contribution in [0.15, 0.2) is 59.5 Å². The van der Waals surface area contributed by atoms with Gasteiger partial charge in [-0.25, -0.2) is 13.9 Å². The first-order valence-electron chi connectivity index (χ1n) is 12.3. The lowest BCUT2D eigenvalue weighted by Gasteiger charge is -2.32. The average molecular weight is 548 g/mol. The zero-order valence-electron chi connectivity index (χ0n) is 21.2. The van der Waals surface area contributed by atoms with Crippen LogP contribution in [-0.2, 0) is 30.8 Å². The van der Waals surface area contributed by atoms with Crippen molar-refractivity contribution in [3.05, 3.63) is 60.2 Å². The van der Waals surface area contributed by atoms with Gasteiger partial charge >= 0.3 is 5.97 Å². The van der Waals surface area contributed by atoms with Gasteiger partial charge in [0.2, 0.25) is 15.9 Å². The van der Waals surface area contributed by atoms with Crippen molar-refractivity contribution in [1.29, 1.82) is 0 Å². The molecule has 1 unspecified atom stereocenters. The van der Waals surface area contributed by atoms with E-state index in [0.29, 0.717) is 25.0 Å². The number of hydrogen-bond donors (Lipinski definition) is 3. The number of hydroxylamine groups is 1. The van der Waals surface area contributed by atoms with E-state index in [1.54, 1.807) is 5.48 Å². The second-order valence-corrected chi connectivity index (χ2v) is 10.9. The Morgan fingerprint density at radius 2 is 1.71 bits per heavy atom. The number of benzene rings is 2. The van der Waals surface area contributed by atoms with E-state index in [9.17, 15) is 33.1 Å². The molecule has 2 amide bonds. The lowest BCUT2D eigenvalue weighted by atomic mass is 9.97. The summed E-state index contributed by atoms with van der Waals surface area (Å²) in [5.41, 5.74) is 2.45. The van der Waals surface area contributed by atoms with Crippen molar-refractivity contribution >= 4 is 27.8 Å². The van der Waals surface area contributed by atoms with Crippen LogP contribution in [0.2, 0.25) is 0 Å². The second-order valence-electron chi connectivity index (χ2n) is 9.05. The van der Waals surface area contributed by atoms with Crippen molar-refractivity contribution in [2.24, 2.45) is 5.92 Å². The number of nitrogens with one attached hydrogen (secondary N) is 1. The van der Waals surface area contributed by atoms with E-state index in [0.717, 1.165) is 9.87 Å². The number of piperidine rings is 1. The van der Waals surface area contributed by atoms with Crippen molar-refractivity contribution in [3.8, 4) is 5.75 Å². The molecular weight excluding hydrogens is 514 g/mol. The van der Waals surface area contributed by atoms with E-state index in [-0.39, 0.29) is 43.3 Å². The Balaban J connectivity index is 1.85. The van der Waals surface area contributed by atoms with E-state index in [4.69, 9.17) is 4.74 Å². The number of methoxy groups -OCH3 is 1. The largest absolute Gasteiger partial charge is 0.497 e. The van der Waals surface area contributed by atoms with Gasteiger partial charge in [-0.1, -0.05) is 30.3 Å². The summed E-state index contributed by atoms with van der Waals surface area (Å²) in [6.07, 6.45) is 0.838. The van der Waals surface area contributed by atoms with Crippen LogP contribution < -0.4 is 10.2 Å². The minimum atomic E-state index is -4.27. The minimum absolute atomic E-state index is 0.0595. The van der Waals surface area contributed by atoms with Gasteiger partial charge in [-0.05, 0) is 55.5 Å². The molecule has 1 heterocycles. The number of aryl methyl sites for hydroxylation is 1. The molecular formula is C26H33N3O8S. The summed E-state index contributed by atoms with van der Waals surface area (Å²) < 4.78 is 33.5. The van der Waals surface area contributed by atoms with E-state index in [1.165, 1.54) is 36.3 Å². The molecule has 0 saturated carbocycles. The molecule has 2 aromatic rings. The third-order valence-electron chi connectivity index (χ3n) is 6.72. The molecule has 0 aliphatic carbocycles. The molecule has 1 fully saturated rings. The Kier molecular flexibility index (Phi) is 10.2. The van der Waals surface area contributed by atoms with Crippen LogP contribution in [0.25, 0.3) is 0 Å². The van der Waals surface area contributed by atoms with Gasteiger partial charge in [0.05, 0.1) is 17.9 Å². The minimum Gasteiger partial charge on any atom is -0.497 e. The summed E-state index contributed by atoms with van der Waals surface area (Å²) >= 11 is 0. The van der Waals surface area contributed by atoms with Gasteiger partial charge in [-0.15, -0.1) is 0 Å². The highest BCUT2D eigenvalue weighted by Crippen LogP contribution is 2.25. The van der Waals surface area contributed by atoms with Gasteiger partial charge in [0.1, 0.15) is 11.8 Å². The molecule has 0 aromatic heterocycles. The lowest BCUT2D eigenvalue weighted by molar-refractivity contribution is -0.145. The first kappa shape index (κ1) is 29.1. The smallest absolute Gasteiger partial charge is 0.306 e. The van der Waals surface area contributed by atoms with Crippen LogP contribution >= 0.6 is 0 Å². The van der Waals surface area contributed by atoms with Crippen molar-refractivity contribution in [2.75, 3.05) is 26.7 Å².